The molecule has 54 heavy (non-hydrogen) atoms. The fourth-order valence-corrected chi connectivity index (χ4v) is 7.88. The maximum atomic E-state index is 5.06. The van der Waals surface area contributed by atoms with Crippen molar-refractivity contribution in [1.29, 1.82) is 0 Å². The van der Waals surface area contributed by atoms with Gasteiger partial charge in [-0.2, -0.15) is 0 Å². The summed E-state index contributed by atoms with van der Waals surface area (Å²) in [6.07, 6.45) is 15.4. The summed E-state index contributed by atoms with van der Waals surface area (Å²) in [6, 6.07) is 56.5. The Kier molecular flexibility index (Phi) is 10.5. The lowest BCUT2D eigenvalue weighted by atomic mass is 9.65. The molecule has 0 radical (unpaired) electrons. The van der Waals surface area contributed by atoms with Gasteiger partial charge < -0.3 is 0 Å². The fourth-order valence-electron chi connectivity index (χ4n) is 7.88. The largest absolute Gasteiger partial charge is 0.208 e. The molecule has 7 aromatic rings. The molecule has 1 aliphatic rings. The van der Waals surface area contributed by atoms with Gasteiger partial charge in [0, 0.05) is 22.1 Å². The van der Waals surface area contributed by atoms with Gasteiger partial charge in [0.25, 0.3) is 0 Å². The Morgan fingerprint density at radius 3 is 1.46 bits per heavy atom. The summed E-state index contributed by atoms with van der Waals surface area (Å²) in [5, 5.41) is 0. The smallest absolute Gasteiger partial charge is 0.164 e. The van der Waals surface area contributed by atoms with Crippen LogP contribution in [0.5, 0.6) is 0 Å². The number of benzene rings is 6. The van der Waals surface area contributed by atoms with Crippen LogP contribution in [0, 0.1) is 0 Å². The molecule has 264 valence electrons. The molecule has 0 aliphatic heterocycles. The average molecular weight is 700 g/mol. The highest BCUT2D eigenvalue weighted by molar-refractivity contribution is 5.71. The second-order valence-corrected chi connectivity index (χ2v) is 14.3. The molecule has 3 heteroatoms. The molecular weight excluding hydrogens is 655 g/mol. The van der Waals surface area contributed by atoms with Crippen LogP contribution >= 0.6 is 0 Å². The molecule has 0 saturated heterocycles. The summed E-state index contributed by atoms with van der Waals surface area (Å²) in [6.45, 7) is 2.04. The highest BCUT2D eigenvalue weighted by Crippen LogP contribution is 2.45. The quantitative estimate of drug-likeness (QED) is 0.133. The molecule has 1 aliphatic carbocycles. The predicted molar refractivity (Wildman–Crippen MR) is 225 cm³/mol. The highest BCUT2D eigenvalue weighted by Gasteiger charge is 2.35. The highest BCUT2D eigenvalue weighted by atomic mass is 15.0. The van der Waals surface area contributed by atoms with Gasteiger partial charge >= 0.3 is 0 Å². The molecule has 0 amide bonds. The zero-order valence-electron chi connectivity index (χ0n) is 30.9. The first kappa shape index (κ1) is 34.9. The van der Waals surface area contributed by atoms with Crippen LogP contribution in [0.25, 0.3) is 56.4 Å². The third kappa shape index (κ3) is 7.63. The molecule has 1 saturated carbocycles. The van der Waals surface area contributed by atoms with Gasteiger partial charge in [-0.15, -0.1) is 0 Å². The van der Waals surface area contributed by atoms with E-state index in [2.05, 4.69) is 158 Å². The van der Waals surface area contributed by atoms with E-state index in [1.165, 1.54) is 52.6 Å². The van der Waals surface area contributed by atoms with E-state index in [1.54, 1.807) is 0 Å². The van der Waals surface area contributed by atoms with Crippen molar-refractivity contribution in [2.24, 2.45) is 0 Å². The van der Waals surface area contributed by atoms with Crippen molar-refractivity contribution in [3.63, 3.8) is 0 Å². The van der Waals surface area contributed by atoms with Gasteiger partial charge in [0.1, 0.15) is 0 Å². The summed E-state index contributed by atoms with van der Waals surface area (Å²) >= 11 is 0. The Balaban J connectivity index is 1.10. The van der Waals surface area contributed by atoms with Gasteiger partial charge in [0.05, 0.1) is 0 Å². The molecule has 0 unspecified atom stereocenters. The molecular formula is C51H45N3. The van der Waals surface area contributed by atoms with E-state index in [-0.39, 0.29) is 5.41 Å². The zero-order chi connectivity index (χ0) is 36.6. The molecule has 1 fully saturated rings. The van der Waals surface area contributed by atoms with E-state index in [0.29, 0.717) is 17.5 Å². The van der Waals surface area contributed by atoms with Crippen LogP contribution in [0.3, 0.4) is 0 Å². The van der Waals surface area contributed by atoms with E-state index in [0.717, 1.165) is 41.5 Å². The topological polar surface area (TPSA) is 38.7 Å². The molecule has 6 aromatic carbocycles. The van der Waals surface area contributed by atoms with Gasteiger partial charge in [-0.1, -0.05) is 201 Å². The number of nitrogens with zero attached hydrogens (tertiary/aromatic N) is 3. The van der Waals surface area contributed by atoms with Crippen molar-refractivity contribution >= 4 is 0 Å². The average Bonchev–Trinajstić information content (AvgIpc) is 3.26. The Morgan fingerprint density at radius 1 is 0.444 bits per heavy atom. The third-order valence-electron chi connectivity index (χ3n) is 10.8. The molecule has 0 atom stereocenters. The fraction of sp³-hybridized carbons (Fsp3) is 0.157. The van der Waals surface area contributed by atoms with E-state index in [4.69, 9.17) is 15.0 Å². The van der Waals surface area contributed by atoms with Gasteiger partial charge in [-0.05, 0) is 65.1 Å². The van der Waals surface area contributed by atoms with Gasteiger partial charge in [-0.3, -0.25) is 0 Å². The molecule has 8 rings (SSSR count). The molecule has 0 bridgehead atoms. The van der Waals surface area contributed by atoms with E-state index in [1.807, 2.05) is 31.2 Å². The Hall–Kier alpha value is -6.19. The van der Waals surface area contributed by atoms with Gasteiger partial charge in [0.2, 0.25) is 0 Å². The molecule has 3 nitrogen and oxygen atoms in total. The predicted octanol–water partition coefficient (Wildman–Crippen LogP) is 13.1. The summed E-state index contributed by atoms with van der Waals surface area (Å²) in [5.74, 6) is 2.02. The summed E-state index contributed by atoms with van der Waals surface area (Å²) in [5.41, 5.74) is 11.9. The van der Waals surface area contributed by atoms with Crippen molar-refractivity contribution < 1.29 is 0 Å². The van der Waals surface area contributed by atoms with Gasteiger partial charge in [0.15, 0.2) is 17.5 Å². The third-order valence-corrected chi connectivity index (χ3v) is 10.8. The van der Waals surface area contributed by atoms with Crippen molar-refractivity contribution in [3.05, 3.63) is 199 Å². The first-order valence-electron chi connectivity index (χ1n) is 19.2. The lowest BCUT2D eigenvalue weighted by Gasteiger charge is -2.39. The van der Waals surface area contributed by atoms with E-state index in [9.17, 15) is 0 Å². The Bertz CT molecular complexity index is 2350. The number of hydrogen-bond acceptors (Lipinski definition) is 3. The van der Waals surface area contributed by atoms with Gasteiger partial charge in [-0.25, -0.2) is 15.0 Å². The first-order valence-corrected chi connectivity index (χ1v) is 19.2. The van der Waals surface area contributed by atoms with E-state index < -0.39 is 0 Å². The van der Waals surface area contributed by atoms with Crippen LogP contribution in [0.15, 0.2) is 182 Å². The van der Waals surface area contributed by atoms with Crippen LogP contribution in [-0.2, 0) is 11.8 Å². The van der Waals surface area contributed by atoms with Crippen LogP contribution in [0.1, 0.15) is 55.7 Å². The van der Waals surface area contributed by atoms with E-state index >= 15 is 0 Å². The van der Waals surface area contributed by atoms with Crippen molar-refractivity contribution in [1.82, 2.24) is 15.0 Å². The normalized spacial score (nSPS) is 14.1. The number of allylic oxidation sites excluding steroid dienone is 4. The monoisotopic (exact) mass is 699 g/mol. The summed E-state index contributed by atoms with van der Waals surface area (Å²) in [4.78, 5) is 15.1. The Labute approximate surface area is 319 Å². The maximum absolute atomic E-state index is 5.06. The Morgan fingerprint density at radius 2 is 0.889 bits per heavy atom. The van der Waals surface area contributed by atoms with Crippen molar-refractivity contribution in [2.75, 3.05) is 0 Å². The van der Waals surface area contributed by atoms with Crippen molar-refractivity contribution in [2.45, 2.75) is 50.9 Å². The molecule has 0 spiro atoms. The SMILES string of the molecule is C/C=C\C=C/Cc1cccc(-c2ccc(C3(c4ccc(-c5nc(-c6ccccc6)nc(-c6ccc(-c7ccccc7)cc6)n5)cc4)CCCCC3)cc2)c1. The van der Waals surface area contributed by atoms with Crippen LogP contribution in [-0.4, -0.2) is 15.0 Å². The minimum absolute atomic E-state index is 0.0191. The first-order chi connectivity index (χ1) is 26.7. The van der Waals surface area contributed by atoms with Crippen LogP contribution < -0.4 is 0 Å². The molecule has 1 aromatic heterocycles. The number of hydrogen-bond donors (Lipinski definition) is 0. The zero-order valence-corrected chi connectivity index (χ0v) is 30.9. The van der Waals surface area contributed by atoms with Crippen LogP contribution in [0.2, 0.25) is 0 Å². The maximum Gasteiger partial charge on any atom is 0.164 e. The molecule has 1 heterocycles. The standard InChI is InChI=1S/C51H45N3/c1-2-3-4-8-16-38-17-15-22-45(37-38)41-27-31-46(32-28-41)51(35-13-7-14-36-51)47-33-29-44(30-34-47)50-53-48(42-20-11-6-12-21-42)52-49(54-50)43-25-23-40(24-26-43)39-18-9-5-10-19-39/h2-6,8-12,15,17-34,37H,7,13-14,16,35-36H2,1H3/b3-2-,8-4-. The second kappa shape index (κ2) is 16.2. The summed E-state index contributed by atoms with van der Waals surface area (Å²) in [7, 11) is 0. The number of aromatic nitrogens is 3. The number of rotatable bonds is 10. The lowest BCUT2D eigenvalue weighted by molar-refractivity contribution is 0.346. The lowest BCUT2D eigenvalue weighted by Crippen LogP contribution is -2.30. The van der Waals surface area contributed by atoms with Crippen LogP contribution in [0.4, 0.5) is 0 Å². The minimum atomic E-state index is -0.0191. The molecule has 0 N–H and O–H groups in total. The van der Waals surface area contributed by atoms with Crippen molar-refractivity contribution in [3.8, 4) is 56.4 Å². The minimum Gasteiger partial charge on any atom is -0.208 e. The second-order valence-electron chi connectivity index (χ2n) is 14.3. The summed E-state index contributed by atoms with van der Waals surface area (Å²) < 4.78 is 0.